The molecule has 0 aliphatic carbocycles. The molecule has 1 amide bonds. The molecule has 1 aliphatic heterocycles. The van der Waals surface area contributed by atoms with Crippen molar-refractivity contribution >= 4 is 33.4 Å². The lowest BCUT2D eigenvalue weighted by atomic mass is 9.78. The van der Waals surface area contributed by atoms with Crippen molar-refractivity contribution in [3.63, 3.8) is 0 Å². The summed E-state index contributed by atoms with van der Waals surface area (Å²) in [5.41, 5.74) is 1.17. The summed E-state index contributed by atoms with van der Waals surface area (Å²) in [7, 11) is -3.02. The van der Waals surface area contributed by atoms with Crippen LogP contribution in [0.2, 0.25) is 0 Å². The normalized spacial score (nSPS) is 17.4. The van der Waals surface area contributed by atoms with Crippen LogP contribution in [0.25, 0.3) is 0 Å². The Balaban J connectivity index is 1.60. The molecule has 0 bridgehead atoms. The molecule has 0 spiro atoms. The Labute approximate surface area is 234 Å². The smallest absolute Gasteiger partial charge is 0.323 e. The third-order valence-corrected chi connectivity index (χ3v) is 9.20. The number of methoxy groups -OCH3 is 1. The van der Waals surface area contributed by atoms with Crippen molar-refractivity contribution in [2.24, 2.45) is 0 Å². The SMILES string of the molecule is C=C(CN([C@@H](C)C(=O)OC)S(=O)(=O)c1ccccc1)C(=O)CC1(C)C(=O)N(Cc2ccccc2)c2ccccc21. The molecule has 3 aromatic carbocycles. The van der Waals surface area contributed by atoms with E-state index in [1.807, 2.05) is 54.6 Å². The van der Waals surface area contributed by atoms with E-state index < -0.39 is 39.8 Å². The Kier molecular flexibility index (Phi) is 8.37. The lowest BCUT2D eigenvalue weighted by Crippen LogP contribution is -2.46. The van der Waals surface area contributed by atoms with E-state index in [1.165, 1.54) is 19.1 Å². The Morgan fingerprint density at radius 2 is 1.55 bits per heavy atom. The van der Waals surface area contributed by atoms with Gasteiger partial charge in [0.15, 0.2) is 5.78 Å². The molecule has 0 N–H and O–H groups in total. The molecule has 3 aromatic rings. The van der Waals surface area contributed by atoms with Crippen molar-refractivity contribution in [1.82, 2.24) is 4.31 Å². The number of Topliss-reactive ketones (excluding diaryl/α,β-unsaturated/α-hetero) is 1. The first-order chi connectivity index (χ1) is 19.0. The number of benzene rings is 3. The van der Waals surface area contributed by atoms with Crippen LogP contribution in [0.15, 0.2) is 102 Å². The molecular weight excluding hydrogens is 528 g/mol. The summed E-state index contributed by atoms with van der Waals surface area (Å²) in [5.74, 6) is -1.48. The Bertz CT molecular complexity index is 1540. The average Bonchev–Trinajstić information content (AvgIpc) is 3.17. The van der Waals surface area contributed by atoms with Gasteiger partial charge in [-0.05, 0) is 43.2 Å². The van der Waals surface area contributed by atoms with Gasteiger partial charge in [-0.3, -0.25) is 14.4 Å². The summed E-state index contributed by atoms with van der Waals surface area (Å²) in [6, 6.07) is 23.3. The quantitative estimate of drug-likeness (QED) is 0.257. The van der Waals surface area contributed by atoms with Gasteiger partial charge >= 0.3 is 5.97 Å². The largest absolute Gasteiger partial charge is 0.468 e. The number of carbonyl (C=O) groups excluding carboxylic acids is 3. The van der Waals surface area contributed by atoms with Gasteiger partial charge in [-0.1, -0.05) is 73.3 Å². The maximum absolute atomic E-state index is 13.8. The number of para-hydroxylation sites is 1. The molecule has 0 radical (unpaired) electrons. The van der Waals surface area contributed by atoms with Crippen LogP contribution in [0.4, 0.5) is 5.69 Å². The van der Waals surface area contributed by atoms with Crippen LogP contribution in [0.1, 0.15) is 31.4 Å². The topological polar surface area (TPSA) is 101 Å². The fourth-order valence-corrected chi connectivity index (χ4v) is 6.56. The number of carbonyl (C=O) groups is 3. The maximum Gasteiger partial charge on any atom is 0.323 e. The predicted molar refractivity (Wildman–Crippen MR) is 152 cm³/mol. The van der Waals surface area contributed by atoms with Crippen LogP contribution in [-0.4, -0.2) is 50.1 Å². The zero-order chi connectivity index (χ0) is 29.1. The van der Waals surface area contributed by atoms with Crippen molar-refractivity contribution in [3.8, 4) is 0 Å². The second-order valence-electron chi connectivity index (χ2n) is 9.99. The summed E-state index contributed by atoms with van der Waals surface area (Å²) in [4.78, 5) is 41.4. The lowest BCUT2D eigenvalue weighted by Gasteiger charge is -2.28. The number of sulfonamides is 1. The molecule has 2 atom stereocenters. The number of ketones is 1. The molecule has 4 rings (SSSR count). The van der Waals surface area contributed by atoms with Crippen molar-refractivity contribution in [2.45, 2.75) is 43.2 Å². The highest BCUT2D eigenvalue weighted by molar-refractivity contribution is 7.89. The number of amides is 1. The van der Waals surface area contributed by atoms with Crippen LogP contribution in [0.3, 0.4) is 0 Å². The number of hydrogen-bond acceptors (Lipinski definition) is 6. The molecule has 40 heavy (non-hydrogen) atoms. The van der Waals surface area contributed by atoms with Crippen LogP contribution in [-0.2, 0) is 41.1 Å². The van der Waals surface area contributed by atoms with Gasteiger partial charge in [0.05, 0.1) is 24.0 Å². The minimum atomic E-state index is -4.18. The van der Waals surface area contributed by atoms with Crippen molar-refractivity contribution in [2.75, 3.05) is 18.6 Å². The summed E-state index contributed by atoms with van der Waals surface area (Å²) >= 11 is 0. The van der Waals surface area contributed by atoms with Gasteiger partial charge in [0.25, 0.3) is 0 Å². The molecule has 8 nitrogen and oxygen atoms in total. The van der Waals surface area contributed by atoms with E-state index in [0.29, 0.717) is 12.1 Å². The third-order valence-electron chi connectivity index (χ3n) is 7.27. The molecule has 0 aromatic heterocycles. The highest BCUT2D eigenvalue weighted by Crippen LogP contribution is 2.45. The summed E-state index contributed by atoms with van der Waals surface area (Å²) in [6.07, 6.45) is -0.210. The van der Waals surface area contributed by atoms with Gasteiger partial charge in [0.1, 0.15) is 6.04 Å². The highest BCUT2D eigenvalue weighted by Gasteiger charge is 2.48. The summed E-state index contributed by atoms with van der Waals surface area (Å²) < 4.78 is 32.7. The molecule has 1 unspecified atom stereocenters. The van der Waals surface area contributed by atoms with E-state index in [9.17, 15) is 22.8 Å². The molecule has 0 fully saturated rings. The minimum Gasteiger partial charge on any atom is -0.468 e. The molecule has 1 aliphatic rings. The maximum atomic E-state index is 13.8. The van der Waals surface area contributed by atoms with Gasteiger partial charge in [-0.15, -0.1) is 0 Å². The summed E-state index contributed by atoms with van der Waals surface area (Å²) in [5, 5.41) is 0. The van der Waals surface area contributed by atoms with Gasteiger partial charge in [-0.2, -0.15) is 4.31 Å². The van der Waals surface area contributed by atoms with Crippen molar-refractivity contribution in [3.05, 3.63) is 108 Å². The number of fused-ring (bicyclic) bond motifs is 1. The summed E-state index contributed by atoms with van der Waals surface area (Å²) in [6.45, 7) is 6.90. The second-order valence-corrected chi connectivity index (χ2v) is 11.9. The van der Waals surface area contributed by atoms with E-state index in [-0.39, 0.29) is 22.8 Å². The molecule has 0 saturated heterocycles. The van der Waals surface area contributed by atoms with Crippen LogP contribution in [0, 0.1) is 0 Å². The number of ether oxygens (including phenoxy) is 1. The molecule has 0 saturated carbocycles. The fraction of sp³-hybridized carbons (Fsp3) is 0.258. The predicted octanol–water partition coefficient (Wildman–Crippen LogP) is 4.26. The third kappa shape index (κ3) is 5.48. The minimum absolute atomic E-state index is 0.0329. The standard InChI is InChI=1S/C31H32N2O6S/c1-22(20-33(23(2)29(35)39-4)40(37,38)25-15-9-6-10-16-25)28(34)19-31(3)26-17-11-12-18-27(26)32(30(31)36)21-24-13-7-5-8-14-24/h5-18,23H,1,19-21H2,2-4H3/t23-,31?/m0/s1. The molecular formula is C31H32N2O6S. The van der Waals surface area contributed by atoms with Gasteiger partial charge in [0.2, 0.25) is 15.9 Å². The Hall–Kier alpha value is -4.08. The number of rotatable bonds is 11. The van der Waals surface area contributed by atoms with Crippen LogP contribution < -0.4 is 4.90 Å². The zero-order valence-corrected chi connectivity index (χ0v) is 23.6. The zero-order valence-electron chi connectivity index (χ0n) is 22.7. The average molecular weight is 561 g/mol. The van der Waals surface area contributed by atoms with Gasteiger partial charge < -0.3 is 9.64 Å². The van der Waals surface area contributed by atoms with Crippen LogP contribution in [0.5, 0.6) is 0 Å². The number of esters is 1. The molecule has 1 heterocycles. The first kappa shape index (κ1) is 28.9. The van der Waals surface area contributed by atoms with Crippen molar-refractivity contribution < 1.29 is 27.5 Å². The number of anilines is 1. The lowest BCUT2D eigenvalue weighted by molar-refractivity contribution is -0.144. The first-order valence-electron chi connectivity index (χ1n) is 12.8. The molecule has 9 heteroatoms. The second kappa shape index (κ2) is 11.6. The van der Waals surface area contributed by atoms with E-state index >= 15 is 0 Å². The monoisotopic (exact) mass is 560 g/mol. The van der Waals surface area contributed by atoms with Gasteiger partial charge in [0, 0.05) is 24.2 Å². The van der Waals surface area contributed by atoms with E-state index in [4.69, 9.17) is 4.74 Å². The Morgan fingerprint density at radius 1 is 0.975 bits per heavy atom. The highest BCUT2D eigenvalue weighted by atomic mass is 32.2. The Morgan fingerprint density at radius 3 is 2.17 bits per heavy atom. The fourth-order valence-electron chi connectivity index (χ4n) is 4.96. The first-order valence-corrected chi connectivity index (χ1v) is 14.3. The van der Waals surface area contributed by atoms with Gasteiger partial charge in [-0.25, -0.2) is 8.42 Å². The van der Waals surface area contributed by atoms with E-state index in [0.717, 1.165) is 22.7 Å². The van der Waals surface area contributed by atoms with Crippen molar-refractivity contribution in [1.29, 1.82) is 0 Å². The van der Waals surface area contributed by atoms with E-state index in [2.05, 4.69) is 6.58 Å². The number of nitrogens with zero attached hydrogens (tertiary/aromatic N) is 2. The van der Waals surface area contributed by atoms with E-state index in [1.54, 1.807) is 30.0 Å². The number of hydrogen-bond donors (Lipinski definition) is 0. The molecule has 208 valence electrons. The van der Waals surface area contributed by atoms with Crippen LogP contribution >= 0.6 is 0 Å².